The fourth-order valence-electron chi connectivity index (χ4n) is 2.43. The Morgan fingerprint density at radius 1 is 1.22 bits per heavy atom. The van der Waals surface area contributed by atoms with Crippen molar-refractivity contribution in [1.29, 1.82) is 0 Å². The van der Waals surface area contributed by atoms with Crippen LogP contribution in [0.4, 0.5) is 0 Å². The fraction of sp³-hybridized carbons (Fsp3) is 0.389. The molecule has 0 aliphatic rings. The molecular formula is C18H24N2O2S. The van der Waals surface area contributed by atoms with Crippen molar-refractivity contribution in [2.45, 2.75) is 44.5 Å². The van der Waals surface area contributed by atoms with Crippen LogP contribution in [0.2, 0.25) is 0 Å². The second kappa shape index (κ2) is 7.70. The minimum absolute atomic E-state index is 0.181. The summed E-state index contributed by atoms with van der Waals surface area (Å²) in [5.74, 6) is 0.923. The molecule has 1 heterocycles. The van der Waals surface area contributed by atoms with Crippen LogP contribution in [0.1, 0.15) is 44.4 Å². The molecule has 5 heteroatoms. The first-order valence-corrected chi connectivity index (χ1v) is 8.89. The first kappa shape index (κ1) is 17.6. The third-order valence-electron chi connectivity index (χ3n) is 3.85. The minimum atomic E-state index is -1.35. The van der Waals surface area contributed by atoms with Crippen LogP contribution in [0.5, 0.6) is 5.75 Å². The Bertz CT molecular complexity index is 642. The lowest BCUT2D eigenvalue weighted by molar-refractivity contribution is 0.304. The average molecular weight is 332 g/mol. The number of rotatable bonds is 7. The molecule has 4 nitrogen and oxygen atoms in total. The zero-order chi connectivity index (χ0) is 16.9. The largest absolute Gasteiger partial charge is 0.487 e. The Balaban J connectivity index is 1.95. The van der Waals surface area contributed by atoms with E-state index >= 15 is 0 Å². The molecule has 2 N–H and O–H groups in total. The number of hydrogen-bond acceptors (Lipinski definition) is 3. The van der Waals surface area contributed by atoms with Gasteiger partial charge in [0.05, 0.1) is 21.9 Å². The van der Waals surface area contributed by atoms with Crippen molar-refractivity contribution in [3.63, 3.8) is 0 Å². The Kier molecular flexibility index (Phi) is 5.91. The summed E-state index contributed by atoms with van der Waals surface area (Å²) in [6.07, 6.45) is 2.45. The first-order valence-electron chi connectivity index (χ1n) is 7.67. The second-order valence-corrected chi connectivity index (χ2v) is 8.06. The van der Waals surface area contributed by atoms with Gasteiger partial charge in [-0.2, -0.15) is 0 Å². The summed E-state index contributed by atoms with van der Waals surface area (Å²) < 4.78 is 16.9. The number of nitrogens with two attached hydrogens (primary N) is 1. The lowest BCUT2D eigenvalue weighted by Gasteiger charge is -2.24. The van der Waals surface area contributed by atoms with Gasteiger partial charge in [-0.05, 0) is 43.9 Å². The maximum Gasteiger partial charge on any atom is 0.138 e. The highest BCUT2D eigenvalue weighted by molar-refractivity contribution is 7.84. The predicted octanol–water partition coefficient (Wildman–Crippen LogP) is 3.56. The molecule has 2 rings (SSSR count). The van der Waals surface area contributed by atoms with Gasteiger partial charge in [0, 0.05) is 5.69 Å². The topological polar surface area (TPSA) is 65.2 Å². The first-order chi connectivity index (χ1) is 10.9. The predicted molar refractivity (Wildman–Crippen MR) is 94.5 cm³/mol. The Labute approximate surface area is 140 Å². The van der Waals surface area contributed by atoms with Crippen LogP contribution >= 0.6 is 0 Å². The summed E-state index contributed by atoms with van der Waals surface area (Å²) in [6.45, 7) is 6.42. The van der Waals surface area contributed by atoms with Gasteiger partial charge in [-0.1, -0.05) is 37.3 Å². The van der Waals surface area contributed by atoms with Gasteiger partial charge in [0.15, 0.2) is 0 Å². The van der Waals surface area contributed by atoms with Gasteiger partial charge >= 0.3 is 0 Å². The lowest BCUT2D eigenvalue weighted by atomic mass is 9.95. The van der Waals surface area contributed by atoms with Crippen molar-refractivity contribution >= 4 is 11.0 Å². The quantitative estimate of drug-likeness (QED) is 0.843. The molecule has 0 fully saturated rings. The molecular weight excluding hydrogens is 308 g/mol. The van der Waals surface area contributed by atoms with Gasteiger partial charge in [0.25, 0.3) is 0 Å². The number of hydrogen-bond donors (Lipinski definition) is 1. The minimum Gasteiger partial charge on any atom is -0.487 e. The van der Waals surface area contributed by atoms with E-state index in [0.29, 0.717) is 13.0 Å². The molecule has 0 aliphatic heterocycles. The molecule has 0 saturated carbocycles. The van der Waals surface area contributed by atoms with E-state index in [9.17, 15) is 4.21 Å². The highest BCUT2D eigenvalue weighted by Crippen LogP contribution is 2.28. The van der Waals surface area contributed by atoms with Gasteiger partial charge in [-0.15, -0.1) is 0 Å². The second-order valence-electron chi connectivity index (χ2n) is 6.36. The molecule has 0 bridgehead atoms. The molecule has 124 valence electrons. The van der Waals surface area contributed by atoms with Gasteiger partial charge in [-0.25, -0.2) is 4.21 Å². The number of pyridine rings is 1. The van der Waals surface area contributed by atoms with Crippen molar-refractivity contribution in [2.24, 2.45) is 5.14 Å². The van der Waals surface area contributed by atoms with Crippen molar-refractivity contribution in [1.82, 2.24) is 4.98 Å². The summed E-state index contributed by atoms with van der Waals surface area (Å²) in [7, 11) is -1.35. The van der Waals surface area contributed by atoms with E-state index in [1.54, 1.807) is 6.20 Å². The Morgan fingerprint density at radius 3 is 2.48 bits per heavy atom. The maximum absolute atomic E-state index is 11.6. The summed E-state index contributed by atoms with van der Waals surface area (Å²) in [5.41, 5.74) is 2.08. The monoisotopic (exact) mass is 332 g/mol. The zero-order valence-corrected chi connectivity index (χ0v) is 14.7. The molecule has 1 aromatic heterocycles. The van der Waals surface area contributed by atoms with E-state index in [-0.39, 0.29) is 5.92 Å². The van der Waals surface area contributed by atoms with Crippen molar-refractivity contribution in [3.05, 3.63) is 59.9 Å². The molecule has 2 atom stereocenters. The number of aromatic nitrogens is 1. The normalized spacial score (nSPS) is 14.3. The molecule has 0 saturated heterocycles. The number of ether oxygens (including phenoxy) is 1. The lowest BCUT2D eigenvalue weighted by Crippen LogP contribution is -2.33. The Hall–Kier alpha value is -1.72. The van der Waals surface area contributed by atoms with Gasteiger partial charge in [0.2, 0.25) is 0 Å². The highest BCUT2D eigenvalue weighted by atomic mass is 32.2. The molecule has 0 aliphatic carbocycles. The summed E-state index contributed by atoms with van der Waals surface area (Å²) >= 11 is 0. The van der Waals surface area contributed by atoms with E-state index in [0.717, 1.165) is 17.0 Å². The van der Waals surface area contributed by atoms with E-state index in [1.807, 2.05) is 56.3 Å². The smallest absolute Gasteiger partial charge is 0.138 e. The SMILES string of the molecule is C[C@H](CC(C)(C)S(N)=O)c1ccc(OCc2ccccc2)cn1. The standard InChI is InChI=1S/C18H24N2O2S/c1-14(11-18(2,3)23(19)21)17-10-9-16(12-20-17)22-13-15-7-5-4-6-8-15/h4-10,12,14H,11,13,19H2,1-3H3/t14-,23?/m1/s1. The maximum atomic E-state index is 11.6. The van der Waals surface area contributed by atoms with Crippen LogP contribution in [-0.4, -0.2) is 13.9 Å². The molecule has 0 amide bonds. The average Bonchev–Trinajstić information content (AvgIpc) is 2.54. The zero-order valence-electron chi connectivity index (χ0n) is 13.9. The van der Waals surface area contributed by atoms with Gasteiger partial charge < -0.3 is 4.74 Å². The van der Waals surface area contributed by atoms with Crippen LogP contribution in [0, 0.1) is 0 Å². The molecule has 1 unspecified atom stereocenters. The van der Waals surface area contributed by atoms with Crippen LogP contribution < -0.4 is 9.88 Å². The summed E-state index contributed by atoms with van der Waals surface area (Å²) in [6, 6.07) is 13.9. The van der Waals surface area contributed by atoms with E-state index in [4.69, 9.17) is 9.88 Å². The van der Waals surface area contributed by atoms with Crippen molar-refractivity contribution in [2.75, 3.05) is 0 Å². The molecule has 2 aromatic rings. The molecule has 23 heavy (non-hydrogen) atoms. The summed E-state index contributed by atoms with van der Waals surface area (Å²) in [4.78, 5) is 4.47. The highest BCUT2D eigenvalue weighted by Gasteiger charge is 2.27. The van der Waals surface area contributed by atoms with Crippen molar-refractivity contribution < 1.29 is 8.95 Å². The van der Waals surface area contributed by atoms with Crippen LogP contribution in [0.25, 0.3) is 0 Å². The Morgan fingerprint density at radius 2 is 1.91 bits per heavy atom. The number of nitrogens with zero attached hydrogens (tertiary/aromatic N) is 1. The summed E-state index contributed by atoms with van der Waals surface area (Å²) in [5, 5.41) is 5.55. The van der Waals surface area contributed by atoms with E-state index < -0.39 is 15.7 Å². The molecule has 1 aromatic carbocycles. The van der Waals surface area contributed by atoms with Crippen LogP contribution in [-0.2, 0) is 17.6 Å². The van der Waals surface area contributed by atoms with Crippen LogP contribution in [0.15, 0.2) is 48.7 Å². The van der Waals surface area contributed by atoms with E-state index in [2.05, 4.69) is 11.9 Å². The molecule has 0 spiro atoms. The van der Waals surface area contributed by atoms with Crippen molar-refractivity contribution in [3.8, 4) is 5.75 Å². The molecule has 0 radical (unpaired) electrons. The third-order valence-corrected chi connectivity index (χ3v) is 5.11. The van der Waals surface area contributed by atoms with E-state index in [1.165, 1.54) is 0 Å². The van der Waals surface area contributed by atoms with Crippen LogP contribution in [0.3, 0.4) is 0 Å². The van der Waals surface area contributed by atoms with Gasteiger partial charge in [-0.3, -0.25) is 10.1 Å². The fourth-order valence-corrected chi connectivity index (χ4v) is 2.85. The van der Waals surface area contributed by atoms with Gasteiger partial charge in [0.1, 0.15) is 12.4 Å². The number of benzene rings is 1. The third kappa shape index (κ3) is 5.15.